The number of hydrogen-bond acceptors (Lipinski definition) is 3. The number of carbonyl (C=O) groups excluding carboxylic acids is 2. The summed E-state index contributed by atoms with van der Waals surface area (Å²) in [6, 6.07) is 22.3. The molecule has 1 aliphatic heterocycles. The van der Waals surface area contributed by atoms with Crippen LogP contribution in [0, 0.1) is 6.92 Å². The van der Waals surface area contributed by atoms with Crippen LogP contribution in [0.2, 0.25) is 0 Å². The number of methoxy groups -OCH3 is 1. The fraction of sp³-hybridized carbons (Fsp3) is 0.231. The molecule has 0 bridgehead atoms. The summed E-state index contributed by atoms with van der Waals surface area (Å²) in [7, 11) is 1.63. The van der Waals surface area contributed by atoms with Crippen LogP contribution in [-0.2, 0) is 6.54 Å². The first-order chi connectivity index (χ1) is 16.0. The number of rotatable bonds is 6. The van der Waals surface area contributed by atoms with E-state index in [0.717, 1.165) is 23.3 Å². The minimum Gasteiger partial charge on any atom is -0.497 e. The van der Waals surface area contributed by atoms with E-state index in [0.29, 0.717) is 36.7 Å². The van der Waals surface area contributed by atoms with Crippen molar-refractivity contribution in [3.63, 3.8) is 0 Å². The number of hydrogen-bond donors (Lipinski definition) is 2. The van der Waals surface area contributed by atoms with Gasteiger partial charge in [-0.3, -0.25) is 4.90 Å². The molecule has 0 spiro atoms. The van der Waals surface area contributed by atoms with Crippen molar-refractivity contribution >= 4 is 29.1 Å². The van der Waals surface area contributed by atoms with Gasteiger partial charge in [-0.05, 0) is 60.9 Å². The zero-order valence-corrected chi connectivity index (χ0v) is 18.9. The van der Waals surface area contributed by atoms with E-state index < -0.39 is 0 Å². The molecule has 1 heterocycles. The molecule has 3 aromatic rings. The lowest BCUT2D eigenvalue weighted by Crippen LogP contribution is -2.49. The molecule has 1 aliphatic rings. The first-order valence-corrected chi connectivity index (χ1v) is 11.0. The zero-order chi connectivity index (χ0) is 23.2. The van der Waals surface area contributed by atoms with Crippen LogP contribution >= 0.6 is 0 Å². The SMILES string of the molecule is COc1cccc(CN2CCCN(c3ccc(C)cc3NC(=O)Nc3ccccc3)C2=O)c1. The number of urea groups is 2. The van der Waals surface area contributed by atoms with Crippen LogP contribution in [0.3, 0.4) is 0 Å². The Labute approximate surface area is 194 Å². The van der Waals surface area contributed by atoms with E-state index in [2.05, 4.69) is 10.6 Å². The Bertz CT molecular complexity index is 1130. The number of benzene rings is 3. The standard InChI is InChI=1S/C26H28N4O3/c1-19-12-13-24(23(16-19)28-25(31)27-21-9-4-3-5-10-21)30-15-7-14-29(26(30)32)18-20-8-6-11-22(17-20)33-2/h3-6,8-13,16-17H,7,14-15,18H2,1-2H3,(H2,27,28,31). The highest BCUT2D eigenvalue weighted by molar-refractivity contribution is 6.04. The van der Waals surface area contributed by atoms with Gasteiger partial charge in [-0.15, -0.1) is 0 Å². The van der Waals surface area contributed by atoms with Gasteiger partial charge in [0, 0.05) is 25.3 Å². The Morgan fingerprint density at radius 1 is 0.970 bits per heavy atom. The van der Waals surface area contributed by atoms with Gasteiger partial charge in [-0.25, -0.2) is 9.59 Å². The van der Waals surface area contributed by atoms with E-state index in [9.17, 15) is 9.59 Å². The highest BCUT2D eigenvalue weighted by Gasteiger charge is 2.28. The second-order valence-corrected chi connectivity index (χ2v) is 8.03. The van der Waals surface area contributed by atoms with Crippen molar-refractivity contribution in [2.45, 2.75) is 19.9 Å². The van der Waals surface area contributed by atoms with Gasteiger partial charge in [0.1, 0.15) is 5.75 Å². The first-order valence-electron chi connectivity index (χ1n) is 11.0. The molecule has 33 heavy (non-hydrogen) atoms. The lowest BCUT2D eigenvalue weighted by Gasteiger charge is -2.36. The largest absolute Gasteiger partial charge is 0.497 e. The van der Waals surface area contributed by atoms with Crippen LogP contribution < -0.4 is 20.3 Å². The van der Waals surface area contributed by atoms with Crippen molar-refractivity contribution in [3.05, 3.63) is 83.9 Å². The lowest BCUT2D eigenvalue weighted by molar-refractivity contribution is 0.192. The second-order valence-electron chi connectivity index (χ2n) is 8.03. The summed E-state index contributed by atoms with van der Waals surface area (Å²) in [4.78, 5) is 29.6. The summed E-state index contributed by atoms with van der Waals surface area (Å²) in [6.07, 6.45) is 0.833. The Kier molecular flexibility index (Phi) is 6.78. The molecule has 7 heteroatoms. The van der Waals surface area contributed by atoms with Gasteiger partial charge in [-0.2, -0.15) is 0 Å². The summed E-state index contributed by atoms with van der Waals surface area (Å²) >= 11 is 0. The molecule has 4 rings (SSSR count). The average molecular weight is 445 g/mol. The molecule has 1 saturated heterocycles. The average Bonchev–Trinajstić information content (AvgIpc) is 2.82. The fourth-order valence-corrected chi connectivity index (χ4v) is 3.93. The number of ether oxygens (including phenoxy) is 1. The summed E-state index contributed by atoms with van der Waals surface area (Å²) < 4.78 is 5.31. The molecular weight excluding hydrogens is 416 g/mol. The maximum atomic E-state index is 13.4. The fourth-order valence-electron chi connectivity index (χ4n) is 3.93. The minimum atomic E-state index is -0.356. The van der Waals surface area contributed by atoms with Crippen molar-refractivity contribution in [2.24, 2.45) is 0 Å². The molecule has 0 unspecified atom stereocenters. The van der Waals surface area contributed by atoms with Crippen LogP contribution in [0.25, 0.3) is 0 Å². The van der Waals surface area contributed by atoms with Crippen molar-refractivity contribution < 1.29 is 14.3 Å². The Morgan fingerprint density at radius 2 is 1.79 bits per heavy atom. The van der Waals surface area contributed by atoms with Crippen molar-refractivity contribution in [2.75, 3.05) is 35.7 Å². The number of nitrogens with zero attached hydrogens (tertiary/aromatic N) is 2. The van der Waals surface area contributed by atoms with E-state index in [1.807, 2.05) is 84.6 Å². The summed E-state index contributed by atoms with van der Waals surface area (Å²) in [5.74, 6) is 0.767. The Balaban J connectivity index is 1.52. The van der Waals surface area contributed by atoms with E-state index in [4.69, 9.17) is 4.74 Å². The van der Waals surface area contributed by atoms with E-state index in [1.165, 1.54) is 0 Å². The summed E-state index contributed by atoms with van der Waals surface area (Å²) in [5, 5.41) is 5.75. The molecule has 0 saturated carbocycles. The quantitative estimate of drug-likeness (QED) is 0.529. The Hall–Kier alpha value is -4.00. The normalized spacial score (nSPS) is 13.6. The van der Waals surface area contributed by atoms with Gasteiger partial charge in [0.05, 0.1) is 18.5 Å². The Morgan fingerprint density at radius 3 is 2.58 bits per heavy atom. The van der Waals surface area contributed by atoms with Crippen molar-refractivity contribution in [1.29, 1.82) is 0 Å². The minimum absolute atomic E-state index is 0.0839. The summed E-state index contributed by atoms with van der Waals surface area (Å²) in [5.41, 5.74) is 3.98. The molecule has 0 aliphatic carbocycles. The van der Waals surface area contributed by atoms with Gasteiger partial charge in [0.15, 0.2) is 0 Å². The van der Waals surface area contributed by atoms with Crippen LogP contribution in [-0.4, -0.2) is 37.2 Å². The first kappa shape index (κ1) is 22.2. The monoisotopic (exact) mass is 444 g/mol. The highest BCUT2D eigenvalue weighted by atomic mass is 16.5. The van der Waals surface area contributed by atoms with Crippen LogP contribution in [0.4, 0.5) is 26.7 Å². The number of anilines is 3. The second kappa shape index (κ2) is 10.1. The van der Waals surface area contributed by atoms with Crippen molar-refractivity contribution in [3.8, 4) is 5.75 Å². The molecule has 0 radical (unpaired) electrons. The molecule has 4 amide bonds. The topological polar surface area (TPSA) is 73.9 Å². The van der Waals surface area contributed by atoms with Crippen molar-refractivity contribution in [1.82, 2.24) is 4.90 Å². The van der Waals surface area contributed by atoms with E-state index in [-0.39, 0.29) is 12.1 Å². The van der Waals surface area contributed by atoms with Gasteiger partial charge in [0.2, 0.25) is 0 Å². The van der Waals surface area contributed by atoms with Gasteiger partial charge in [0.25, 0.3) is 0 Å². The lowest BCUT2D eigenvalue weighted by atomic mass is 10.1. The zero-order valence-electron chi connectivity index (χ0n) is 18.9. The van der Waals surface area contributed by atoms with Gasteiger partial charge in [-0.1, -0.05) is 36.4 Å². The molecule has 1 fully saturated rings. The number of carbonyl (C=O) groups is 2. The molecule has 0 atom stereocenters. The van der Waals surface area contributed by atoms with Crippen LogP contribution in [0.1, 0.15) is 17.5 Å². The van der Waals surface area contributed by atoms with E-state index >= 15 is 0 Å². The molecular formula is C26H28N4O3. The van der Waals surface area contributed by atoms with Gasteiger partial charge < -0.3 is 20.3 Å². The molecule has 0 aromatic heterocycles. The van der Waals surface area contributed by atoms with Crippen LogP contribution in [0.5, 0.6) is 5.75 Å². The third kappa shape index (κ3) is 5.44. The van der Waals surface area contributed by atoms with E-state index in [1.54, 1.807) is 12.0 Å². The predicted molar refractivity (Wildman–Crippen MR) is 131 cm³/mol. The highest BCUT2D eigenvalue weighted by Crippen LogP contribution is 2.30. The maximum absolute atomic E-state index is 13.4. The smallest absolute Gasteiger partial charge is 0.324 e. The number of para-hydroxylation sites is 1. The third-order valence-electron chi connectivity index (χ3n) is 5.54. The third-order valence-corrected chi connectivity index (χ3v) is 5.54. The maximum Gasteiger partial charge on any atom is 0.324 e. The number of nitrogens with one attached hydrogen (secondary N) is 2. The number of amides is 4. The molecule has 7 nitrogen and oxygen atoms in total. The molecule has 2 N–H and O–H groups in total. The van der Waals surface area contributed by atoms with Gasteiger partial charge >= 0.3 is 12.1 Å². The number of aryl methyl sites for hydroxylation is 1. The molecule has 170 valence electrons. The summed E-state index contributed by atoms with van der Waals surface area (Å²) in [6.45, 7) is 3.72. The van der Waals surface area contributed by atoms with Crippen LogP contribution in [0.15, 0.2) is 72.8 Å². The predicted octanol–water partition coefficient (Wildman–Crippen LogP) is 5.48. The molecule has 3 aromatic carbocycles.